The van der Waals surface area contributed by atoms with Crippen LogP contribution < -0.4 is 5.32 Å². The number of thioether (sulfide) groups is 1. The predicted molar refractivity (Wildman–Crippen MR) is 108 cm³/mol. The van der Waals surface area contributed by atoms with E-state index in [1.165, 1.54) is 0 Å². The number of aromatic nitrogens is 2. The quantitative estimate of drug-likeness (QED) is 0.709. The Morgan fingerprint density at radius 3 is 2.62 bits per heavy atom. The van der Waals surface area contributed by atoms with Crippen LogP contribution in [0.4, 0.5) is 0 Å². The van der Waals surface area contributed by atoms with Crippen LogP contribution in [0, 0.1) is 13.8 Å². The molecule has 1 heterocycles. The highest BCUT2D eigenvalue weighted by molar-refractivity contribution is 7.97. The monoisotopic (exact) mass is 365 g/mol. The summed E-state index contributed by atoms with van der Waals surface area (Å²) >= 11 is 1.75. The molecule has 134 valence electrons. The van der Waals surface area contributed by atoms with Crippen molar-refractivity contribution in [1.82, 2.24) is 15.1 Å². The first-order valence-corrected chi connectivity index (χ1v) is 9.96. The van der Waals surface area contributed by atoms with Crippen molar-refractivity contribution < 1.29 is 4.79 Å². The van der Waals surface area contributed by atoms with Crippen molar-refractivity contribution in [2.45, 2.75) is 26.1 Å². The van der Waals surface area contributed by atoms with E-state index < -0.39 is 0 Å². The van der Waals surface area contributed by atoms with Gasteiger partial charge in [0, 0.05) is 29.1 Å². The zero-order valence-corrected chi connectivity index (χ0v) is 16.1. The average Bonchev–Trinajstić information content (AvgIpc) is 2.95. The summed E-state index contributed by atoms with van der Waals surface area (Å²) in [5.41, 5.74) is 5.92. The van der Waals surface area contributed by atoms with E-state index in [0.717, 1.165) is 34.0 Å². The zero-order chi connectivity index (χ0) is 18.5. The molecule has 4 nitrogen and oxygen atoms in total. The third kappa shape index (κ3) is 3.99. The highest BCUT2D eigenvalue weighted by Gasteiger charge is 2.14. The van der Waals surface area contributed by atoms with Crippen LogP contribution in [0.25, 0.3) is 5.69 Å². The van der Waals surface area contributed by atoms with Gasteiger partial charge in [0.05, 0.1) is 11.4 Å². The zero-order valence-electron chi connectivity index (χ0n) is 15.3. The summed E-state index contributed by atoms with van der Waals surface area (Å²) in [4.78, 5) is 12.5. The summed E-state index contributed by atoms with van der Waals surface area (Å²) in [7, 11) is 0. The molecule has 3 rings (SSSR count). The Kier molecular flexibility index (Phi) is 5.78. The molecule has 0 saturated heterocycles. The van der Waals surface area contributed by atoms with Gasteiger partial charge in [-0.05, 0) is 49.9 Å². The number of aryl methyl sites for hydroxylation is 1. The van der Waals surface area contributed by atoms with Crippen LogP contribution in [0.1, 0.15) is 32.9 Å². The normalized spacial score (nSPS) is 10.7. The lowest BCUT2D eigenvalue weighted by Gasteiger charge is -2.08. The van der Waals surface area contributed by atoms with Gasteiger partial charge in [0.2, 0.25) is 0 Å². The van der Waals surface area contributed by atoms with Crippen LogP contribution in [-0.2, 0) is 12.3 Å². The molecule has 0 unspecified atom stereocenters. The van der Waals surface area contributed by atoms with E-state index >= 15 is 0 Å². The Hall–Kier alpha value is -2.53. The molecule has 1 N–H and O–H groups in total. The van der Waals surface area contributed by atoms with Crippen molar-refractivity contribution in [3.8, 4) is 5.69 Å². The van der Waals surface area contributed by atoms with E-state index in [0.29, 0.717) is 12.1 Å². The van der Waals surface area contributed by atoms with Crippen LogP contribution in [-0.4, -0.2) is 21.9 Å². The Morgan fingerprint density at radius 1 is 1.12 bits per heavy atom. The van der Waals surface area contributed by atoms with Crippen molar-refractivity contribution in [3.63, 3.8) is 0 Å². The molecule has 0 aliphatic heterocycles. The van der Waals surface area contributed by atoms with Crippen molar-refractivity contribution in [3.05, 3.63) is 82.7 Å². The molecule has 2 aromatic carbocycles. The fraction of sp³-hybridized carbons (Fsp3) is 0.238. The predicted octanol–water partition coefficient (Wildman–Crippen LogP) is 4.28. The Bertz CT molecular complexity index is 903. The first-order chi connectivity index (χ1) is 12.6. The molecule has 3 aromatic rings. The molecular formula is C21H23N3OS. The van der Waals surface area contributed by atoms with Gasteiger partial charge in [-0.25, -0.2) is 4.68 Å². The lowest BCUT2D eigenvalue weighted by atomic mass is 10.1. The molecule has 0 bridgehead atoms. The average molecular weight is 366 g/mol. The fourth-order valence-electron chi connectivity index (χ4n) is 2.99. The molecule has 26 heavy (non-hydrogen) atoms. The maximum atomic E-state index is 12.5. The highest BCUT2D eigenvalue weighted by Crippen LogP contribution is 2.18. The number of amides is 1. The van der Waals surface area contributed by atoms with E-state index in [-0.39, 0.29) is 5.91 Å². The van der Waals surface area contributed by atoms with E-state index in [2.05, 4.69) is 16.7 Å². The number of benzene rings is 2. The van der Waals surface area contributed by atoms with Crippen molar-refractivity contribution in [2.24, 2.45) is 0 Å². The summed E-state index contributed by atoms with van der Waals surface area (Å²) < 4.78 is 1.93. The minimum Gasteiger partial charge on any atom is -0.348 e. The highest BCUT2D eigenvalue weighted by atomic mass is 32.2. The number of carbonyl (C=O) groups excluding carboxylic acids is 1. The molecule has 1 amide bonds. The first kappa shape index (κ1) is 18.3. The first-order valence-electron chi connectivity index (χ1n) is 8.56. The van der Waals surface area contributed by atoms with Crippen LogP contribution in [0.3, 0.4) is 0 Å². The van der Waals surface area contributed by atoms with Crippen molar-refractivity contribution in [1.29, 1.82) is 0 Å². The molecule has 5 heteroatoms. The number of rotatable bonds is 6. The summed E-state index contributed by atoms with van der Waals surface area (Å²) in [6, 6.07) is 17.8. The van der Waals surface area contributed by atoms with E-state index in [9.17, 15) is 4.79 Å². The molecule has 0 spiro atoms. The number of hydrogen-bond acceptors (Lipinski definition) is 3. The van der Waals surface area contributed by atoms with Gasteiger partial charge in [0.25, 0.3) is 5.91 Å². The lowest BCUT2D eigenvalue weighted by Crippen LogP contribution is -2.23. The summed E-state index contributed by atoms with van der Waals surface area (Å²) in [6.07, 6.45) is 2.06. The maximum Gasteiger partial charge on any atom is 0.251 e. The molecule has 1 aromatic heterocycles. The Balaban J connectivity index is 1.75. The van der Waals surface area contributed by atoms with Gasteiger partial charge in [-0.15, -0.1) is 0 Å². The number of para-hydroxylation sites is 1. The van der Waals surface area contributed by atoms with E-state index in [1.54, 1.807) is 11.8 Å². The van der Waals surface area contributed by atoms with Crippen molar-refractivity contribution >= 4 is 17.7 Å². The summed E-state index contributed by atoms with van der Waals surface area (Å²) in [6.45, 7) is 4.48. The second-order valence-electron chi connectivity index (χ2n) is 6.21. The molecule has 0 aliphatic rings. The van der Waals surface area contributed by atoms with Crippen LogP contribution in [0.5, 0.6) is 0 Å². The van der Waals surface area contributed by atoms with Crippen molar-refractivity contribution in [2.75, 3.05) is 6.26 Å². The molecule has 0 radical (unpaired) electrons. The molecule has 0 saturated carbocycles. The molecule has 0 fully saturated rings. The fourth-order valence-corrected chi connectivity index (χ4v) is 3.50. The second kappa shape index (κ2) is 8.23. The molecular weight excluding hydrogens is 342 g/mol. The summed E-state index contributed by atoms with van der Waals surface area (Å²) in [5.74, 6) is 0.850. The Morgan fingerprint density at radius 2 is 1.88 bits per heavy atom. The van der Waals surface area contributed by atoms with Gasteiger partial charge < -0.3 is 5.32 Å². The minimum atomic E-state index is -0.0563. The van der Waals surface area contributed by atoms with Gasteiger partial charge in [-0.1, -0.05) is 30.3 Å². The van der Waals surface area contributed by atoms with Gasteiger partial charge in [-0.2, -0.15) is 16.9 Å². The third-order valence-corrected chi connectivity index (χ3v) is 4.99. The summed E-state index contributed by atoms with van der Waals surface area (Å²) in [5, 5.41) is 7.66. The lowest BCUT2D eigenvalue weighted by molar-refractivity contribution is 0.0950. The Labute approximate surface area is 158 Å². The van der Waals surface area contributed by atoms with Crippen LogP contribution in [0.2, 0.25) is 0 Å². The second-order valence-corrected chi connectivity index (χ2v) is 7.08. The van der Waals surface area contributed by atoms with E-state index in [4.69, 9.17) is 0 Å². The molecule has 0 atom stereocenters. The number of nitrogens with one attached hydrogen (secondary N) is 1. The SMILES string of the molecule is CSCc1cccc(C(=O)NCc2c(C)nn(-c3ccccc3)c2C)c1. The number of hydrogen-bond donors (Lipinski definition) is 1. The third-order valence-electron chi connectivity index (χ3n) is 4.37. The minimum absolute atomic E-state index is 0.0563. The standard InChI is InChI=1S/C21H23N3OS/c1-15-20(16(2)24(23-15)19-10-5-4-6-11-19)13-22-21(25)18-9-7-8-17(12-18)14-26-3/h4-12H,13-14H2,1-3H3,(H,22,25). The van der Waals surface area contributed by atoms with Crippen LogP contribution in [0.15, 0.2) is 54.6 Å². The van der Waals surface area contributed by atoms with Gasteiger partial charge >= 0.3 is 0 Å². The van der Waals surface area contributed by atoms with E-state index in [1.807, 2.05) is 73.1 Å². The van der Waals surface area contributed by atoms with Gasteiger partial charge in [0.1, 0.15) is 0 Å². The van der Waals surface area contributed by atoms with Gasteiger partial charge in [-0.3, -0.25) is 4.79 Å². The largest absolute Gasteiger partial charge is 0.348 e. The van der Waals surface area contributed by atoms with Gasteiger partial charge in [0.15, 0.2) is 0 Å². The number of carbonyl (C=O) groups is 1. The smallest absolute Gasteiger partial charge is 0.251 e. The molecule has 0 aliphatic carbocycles. The maximum absolute atomic E-state index is 12.5. The number of nitrogens with zero attached hydrogens (tertiary/aromatic N) is 2. The topological polar surface area (TPSA) is 46.9 Å². The van der Waals surface area contributed by atoms with Crippen LogP contribution >= 0.6 is 11.8 Å².